The predicted octanol–water partition coefficient (Wildman–Crippen LogP) is 4.38. The van der Waals surface area contributed by atoms with Crippen LogP contribution in [0.5, 0.6) is 11.5 Å². The van der Waals surface area contributed by atoms with Crippen LogP contribution in [0.25, 0.3) is 0 Å². The first kappa shape index (κ1) is 24.2. The van der Waals surface area contributed by atoms with Gasteiger partial charge in [0.05, 0.1) is 5.56 Å². The minimum Gasteiger partial charge on any atom is -0.457 e. The number of fused-ring (bicyclic) bond motifs is 1. The molecule has 6 N–H and O–H groups in total. The monoisotopic (exact) mass is 483 g/mol. The SMILES string of the molecule is N=C(N)c1cc(Oc2ccc3c(c2)CC(C(=O)Nc2ccc(CN)c(C(F)(F)F)c2)CC3)ccn1. The maximum absolute atomic E-state index is 13.3. The Morgan fingerprint density at radius 1 is 1.11 bits per heavy atom. The van der Waals surface area contributed by atoms with Crippen LogP contribution in [0.3, 0.4) is 0 Å². The highest BCUT2D eigenvalue weighted by atomic mass is 19.4. The summed E-state index contributed by atoms with van der Waals surface area (Å²) in [5, 5.41) is 10.1. The molecule has 35 heavy (non-hydrogen) atoms. The summed E-state index contributed by atoms with van der Waals surface area (Å²) in [6.07, 6.45) is -1.39. The lowest BCUT2D eigenvalue weighted by Crippen LogP contribution is -2.28. The summed E-state index contributed by atoms with van der Waals surface area (Å²) >= 11 is 0. The fourth-order valence-electron chi connectivity index (χ4n) is 4.12. The Bertz CT molecular complexity index is 1280. The fourth-order valence-corrected chi connectivity index (χ4v) is 4.12. The van der Waals surface area contributed by atoms with Crippen molar-refractivity contribution in [3.63, 3.8) is 0 Å². The van der Waals surface area contributed by atoms with Crippen LogP contribution in [0.1, 0.15) is 34.4 Å². The van der Waals surface area contributed by atoms with E-state index < -0.39 is 17.7 Å². The van der Waals surface area contributed by atoms with E-state index in [1.807, 2.05) is 18.2 Å². The van der Waals surface area contributed by atoms with E-state index in [1.54, 1.807) is 12.1 Å². The molecule has 1 amide bonds. The van der Waals surface area contributed by atoms with Gasteiger partial charge in [-0.05, 0) is 66.3 Å². The zero-order valence-electron chi connectivity index (χ0n) is 18.7. The molecule has 1 aromatic heterocycles. The molecule has 2 aromatic carbocycles. The van der Waals surface area contributed by atoms with E-state index in [2.05, 4.69) is 10.3 Å². The number of aryl methyl sites for hydroxylation is 1. The smallest absolute Gasteiger partial charge is 0.416 e. The minimum absolute atomic E-state index is 0.0285. The number of pyridine rings is 1. The predicted molar refractivity (Wildman–Crippen MR) is 125 cm³/mol. The average Bonchev–Trinajstić information content (AvgIpc) is 2.83. The Labute approximate surface area is 199 Å². The van der Waals surface area contributed by atoms with Crippen molar-refractivity contribution in [2.45, 2.75) is 32.0 Å². The number of carbonyl (C=O) groups excluding carboxylic acids is 1. The lowest BCUT2D eigenvalue weighted by molar-refractivity contribution is -0.138. The van der Waals surface area contributed by atoms with E-state index >= 15 is 0 Å². The molecule has 0 spiro atoms. The lowest BCUT2D eigenvalue weighted by Gasteiger charge is -2.25. The number of nitrogens with zero attached hydrogens (tertiary/aromatic N) is 1. The molecule has 1 aliphatic rings. The molecule has 1 atom stereocenters. The fraction of sp³-hybridized carbons (Fsp3) is 0.240. The van der Waals surface area contributed by atoms with Crippen molar-refractivity contribution in [2.75, 3.05) is 5.32 Å². The molecule has 0 aliphatic heterocycles. The second-order valence-electron chi connectivity index (χ2n) is 8.33. The van der Waals surface area contributed by atoms with E-state index in [0.717, 1.165) is 17.2 Å². The van der Waals surface area contributed by atoms with Crippen molar-refractivity contribution in [3.8, 4) is 11.5 Å². The quantitative estimate of drug-likeness (QED) is 0.306. The third-order valence-electron chi connectivity index (χ3n) is 5.92. The van der Waals surface area contributed by atoms with Gasteiger partial charge in [0.2, 0.25) is 5.91 Å². The molecule has 0 saturated carbocycles. The molecule has 0 bridgehead atoms. The molecule has 182 valence electrons. The van der Waals surface area contributed by atoms with Gasteiger partial charge in [-0.3, -0.25) is 15.2 Å². The second kappa shape index (κ2) is 9.75. The van der Waals surface area contributed by atoms with Crippen LogP contribution in [0.4, 0.5) is 18.9 Å². The highest BCUT2D eigenvalue weighted by molar-refractivity contribution is 5.93. The highest BCUT2D eigenvalue weighted by Gasteiger charge is 2.33. The van der Waals surface area contributed by atoms with Gasteiger partial charge in [0.15, 0.2) is 0 Å². The van der Waals surface area contributed by atoms with Gasteiger partial charge in [-0.1, -0.05) is 12.1 Å². The highest BCUT2D eigenvalue weighted by Crippen LogP contribution is 2.35. The minimum atomic E-state index is -4.56. The van der Waals surface area contributed by atoms with Gasteiger partial charge < -0.3 is 21.5 Å². The molecule has 1 aliphatic carbocycles. The average molecular weight is 483 g/mol. The third kappa shape index (κ3) is 5.60. The molecule has 1 unspecified atom stereocenters. The number of nitrogen functional groups attached to an aromatic ring is 1. The summed E-state index contributed by atoms with van der Waals surface area (Å²) < 4.78 is 45.9. The summed E-state index contributed by atoms with van der Waals surface area (Å²) in [5.41, 5.74) is 12.4. The van der Waals surface area contributed by atoms with Crippen LogP contribution in [0.2, 0.25) is 0 Å². The maximum atomic E-state index is 13.3. The number of benzene rings is 2. The molecule has 0 radical (unpaired) electrons. The van der Waals surface area contributed by atoms with Crippen molar-refractivity contribution in [1.29, 1.82) is 5.41 Å². The normalized spacial score (nSPS) is 15.3. The lowest BCUT2D eigenvalue weighted by atomic mass is 9.83. The molecule has 7 nitrogen and oxygen atoms in total. The van der Waals surface area contributed by atoms with E-state index in [1.165, 1.54) is 18.3 Å². The van der Waals surface area contributed by atoms with Crippen molar-refractivity contribution in [1.82, 2.24) is 4.98 Å². The third-order valence-corrected chi connectivity index (χ3v) is 5.92. The number of amides is 1. The summed E-state index contributed by atoms with van der Waals surface area (Å²) in [4.78, 5) is 16.9. The van der Waals surface area contributed by atoms with Crippen molar-refractivity contribution >= 4 is 17.4 Å². The van der Waals surface area contributed by atoms with Gasteiger partial charge in [-0.15, -0.1) is 0 Å². The van der Waals surface area contributed by atoms with E-state index in [9.17, 15) is 18.0 Å². The van der Waals surface area contributed by atoms with Gasteiger partial charge >= 0.3 is 6.18 Å². The Balaban J connectivity index is 1.47. The number of rotatable bonds is 6. The number of carbonyl (C=O) groups is 1. The number of hydrogen-bond acceptors (Lipinski definition) is 5. The van der Waals surface area contributed by atoms with Crippen LogP contribution in [0, 0.1) is 11.3 Å². The Hall–Kier alpha value is -3.92. The van der Waals surface area contributed by atoms with Crippen molar-refractivity contribution in [3.05, 3.63) is 82.7 Å². The number of halogens is 3. The number of amidine groups is 1. The van der Waals surface area contributed by atoms with Gasteiger partial charge in [-0.25, -0.2) is 0 Å². The molecular weight excluding hydrogens is 459 g/mol. The van der Waals surface area contributed by atoms with Crippen LogP contribution < -0.4 is 21.5 Å². The Morgan fingerprint density at radius 3 is 2.60 bits per heavy atom. The largest absolute Gasteiger partial charge is 0.457 e. The number of hydrogen-bond donors (Lipinski definition) is 4. The molecule has 3 aromatic rings. The molecule has 0 saturated heterocycles. The first-order valence-electron chi connectivity index (χ1n) is 10.9. The number of aromatic nitrogens is 1. The Kier molecular flexibility index (Phi) is 6.74. The number of anilines is 1. The van der Waals surface area contributed by atoms with E-state index in [0.29, 0.717) is 36.5 Å². The van der Waals surface area contributed by atoms with E-state index in [-0.39, 0.29) is 29.5 Å². The van der Waals surface area contributed by atoms with Gasteiger partial charge in [-0.2, -0.15) is 13.2 Å². The number of alkyl halides is 3. The van der Waals surface area contributed by atoms with E-state index in [4.69, 9.17) is 21.6 Å². The summed E-state index contributed by atoms with van der Waals surface area (Å²) in [6.45, 7) is -0.248. The topological polar surface area (TPSA) is 127 Å². The zero-order chi connectivity index (χ0) is 25.2. The standard InChI is InChI=1S/C25H24F3N5O2/c26-25(27,28)21-11-18(5-3-16(21)13-29)33-24(34)15-2-1-14-4-6-19(10-17(14)9-15)35-20-7-8-32-22(12-20)23(30)31/h3-8,10-12,15H,1-2,9,13,29H2,(H3,30,31)(H,33,34). The zero-order valence-corrected chi connectivity index (χ0v) is 18.7. The first-order chi connectivity index (χ1) is 16.6. The Morgan fingerprint density at radius 2 is 1.89 bits per heavy atom. The molecule has 4 rings (SSSR count). The van der Waals surface area contributed by atoms with Crippen LogP contribution in [-0.2, 0) is 30.4 Å². The number of nitrogens with one attached hydrogen (secondary N) is 2. The van der Waals surface area contributed by atoms with Gasteiger partial charge in [0, 0.05) is 30.4 Å². The summed E-state index contributed by atoms with van der Waals surface area (Å²) in [6, 6.07) is 12.5. The molecule has 10 heteroatoms. The van der Waals surface area contributed by atoms with Crippen LogP contribution in [-0.4, -0.2) is 16.7 Å². The van der Waals surface area contributed by atoms with Crippen molar-refractivity contribution < 1.29 is 22.7 Å². The summed E-state index contributed by atoms with van der Waals surface area (Å²) in [5.74, 6) is 0.117. The second-order valence-corrected chi connectivity index (χ2v) is 8.33. The van der Waals surface area contributed by atoms with Gasteiger partial charge in [0.25, 0.3) is 0 Å². The molecule has 0 fully saturated rings. The first-order valence-corrected chi connectivity index (χ1v) is 10.9. The van der Waals surface area contributed by atoms with Crippen LogP contribution >= 0.6 is 0 Å². The van der Waals surface area contributed by atoms with Crippen molar-refractivity contribution in [2.24, 2.45) is 17.4 Å². The maximum Gasteiger partial charge on any atom is 0.416 e. The summed E-state index contributed by atoms with van der Waals surface area (Å²) in [7, 11) is 0. The number of ether oxygens (including phenoxy) is 1. The van der Waals surface area contributed by atoms with Gasteiger partial charge in [0.1, 0.15) is 23.0 Å². The van der Waals surface area contributed by atoms with Crippen LogP contribution in [0.15, 0.2) is 54.7 Å². The number of nitrogens with two attached hydrogens (primary N) is 2. The molecule has 1 heterocycles. The molecular formula is C25H24F3N5O2.